The van der Waals surface area contributed by atoms with Crippen molar-refractivity contribution >= 4 is 23.3 Å². The van der Waals surface area contributed by atoms with Crippen LogP contribution in [-0.4, -0.2) is 26.9 Å². The summed E-state index contributed by atoms with van der Waals surface area (Å²) in [7, 11) is 0. The fourth-order valence-corrected chi connectivity index (χ4v) is 2.48. The molecule has 0 saturated carbocycles. The van der Waals surface area contributed by atoms with E-state index in [1.54, 1.807) is 0 Å². The maximum absolute atomic E-state index is 12.3. The number of phenolic OH excluding ortho intramolecular Hbond substituents is 1. The van der Waals surface area contributed by atoms with Crippen LogP contribution in [0.25, 0.3) is 0 Å². The Morgan fingerprint density at radius 2 is 1.10 bits per heavy atom. The number of ether oxygens (including phenoxy) is 2. The van der Waals surface area contributed by atoms with Crippen molar-refractivity contribution < 1.29 is 34.0 Å². The van der Waals surface area contributed by atoms with Crippen molar-refractivity contribution in [3.63, 3.8) is 0 Å². The molecule has 0 aliphatic heterocycles. The summed E-state index contributed by atoms with van der Waals surface area (Å²) in [4.78, 5) is 44.9. The van der Waals surface area contributed by atoms with Crippen LogP contribution in [0.4, 0.5) is 11.4 Å². The van der Waals surface area contributed by atoms with Crippen molar-refractivity contribution in [3.05, 3.63) is 98.1 Å². The average molecular weight is 424 g/mol. The molecular formula is C20H12N2O9. The first-order valence-corrected chi connectivity index (χ1v) is 8.51. The molecule has 3 aromatic rings. The highest BCUT2D eigenvalue weighted by atomic mass is 16.6. The molecule has 0 unspecified atom stereocenters. The van der Waals surface area contributed by atoms with Gasteiger partial charge in [0.15, 0.2) is 11.5 Å². The van der Waals surface area contributed by atoms with Gasteiger partial charge in [0, 0.05) is 24.3 Å². The highest BCUT2D eigenvalue weighted by Gasteiger charge is 2.20. The van der Waals surface area contributed by atoms with Gasteiger partial charge in [-0.2, -0.15) is 0 Å². The molecule has 11 heteroatoms. The van der Waals surface area contributed by atoms with E-state index in [4.69, 9.17) is 9.47 Å². The zero-order chi connectivity index (χ0) is 22.5. The lowest BCUT2D eigenvalue weighted by molar-refractivity contribution is -0.385. The number of carbonyl (C=O) groups excluding carboxylic acids is 2. The summed E-state index contributed by atoms with van der Waals surface area (Å²) < 4.78 is 10.1. The number of hydrogen-bond donors (Lipinski definition) is 1. The predicted octanol–water partition coefficient (Wildman–Crippen LogP) is 3.65. The van der Waals surface area contributed by atoms with Crippen LogP contribution in [0, 0.1) is 20.2 Å². The molecule has 3 aromatic carbocycles. The average Bonchev–Trinajstić information content (AvgIpc) is 2.76. The molecule has 11 nitrogen and oxygen atoms in total. The summed E-state index contributed by atoms with van der Waals surface area (Å²) in [6.45, 7) is 0. The molecule has 0 bridgehead atoms. The number of esters is 2. The summed E-state index contributed by atoms with van der Waals surface area (Å²) in [5.41, 5.74) is -0.906. The quantitative estimate of drug-likeness (QED) is 0.270. The molecule has 0 spiro atoms. The Labute approximate surface area is 173 Å². The molecule has 156 valence electrons. The topological polar surface area (TPSA) is 159 Å². The smallest absolute Gasteiger partial charge is 0.343 e. The van der Waals surface area contributed by atoms with Gasteiger partial charge in [0.05, 0.1) is 21.0 Å². The third-order valence-electron chi connectivity index (χ3n) is 3.95. The number of para-hydroxylation sites is 1. The number of carbonyl (C=O) groups is 2. The summed E-state index contributed by atoms with van der Waals surface area (Å²) in [6.07, 6.45) is 0. The van der Waals surface area contributed by atoms with Gasteiger partial charge >= 0.3 is 11.9 Å². The SMILES string of the molecule is O=C(Oc1cccc(OC(=O)c2cccc([N+](=O)[O-])c2)c1O)c1cccc([N+](=O)[O-])c1. The maximum Gasteiger partial charge on any atom is 0.343 e. The lowest BCUT2D eigenvalue weighted by Gasteiger charge is -2.10. The van der Waals surface area contributed by atoms with Crippen LogP contribution >= 0.6 is 0 Å². The van der Waals surface area contributed by atoms with Gasteiger partial charge in [-0.1, -0.05) is 18.2 Å². The number of phenols is 1. The Morgan fingerprint density at radius 3 is 1.48 bits per heavy atom. The van der Waals surface area contributed by atoms with E-state index in [0.717, 1.165) is 12.1 Å². The largest absolute Gasteiger partial charge is 0.502 e. The van der Waals surface area contributed by atoms with Crippen LogP contribution in [0.15, 0.2) is 66.7 Å². The normalized spacial score (nSPS) is 10.2. The zero-order valence-electron chi connectivity index (χ0n) is 15.5. The Morgan fingerprint density at radius 1 is 0.710 bits per heavy atom. The second-order valence-corrected chi connectivity index (χ2v) is 6.00. The minimum atomic E-state index is -0.985. The Balaban J connectivity index is 1.80. The van der Waals surface area contributed by atoms with Crippen LogP contribution in [0.3, 0.4) is 0 Å². The number of aromatic hydroxyl groups is 1. The maximum atomic E-state index is 12.3. The lowest BCUT2D eigenvalue weighted by Crippen LogP contribution is -2.11. The van der Waals surface area contributed by atoms with Crippen molar-refractivity contribution in [2.24, 2.45) is 0 Å². The predicted molar refractivity (Wildman–Crippen MR) is 104 cm³/mol. The Hall–Kier alpha value is -4.80. The van der Waals surface area contributed by atoms with Crippen LogP contribution in [0.5, 0.6) is 17.2 Å². The third-order valence-corrected chi connectivity index (χ3v) is 3.95. The fourth-order valence-electron chi connectivity index (χ4n) is 2.48. The molecule has 0 fully saturated rings. The highest BCUT2D eigenvalue weighted by molar-refractivity contribution is 5.93. The van der Waals surface area contributed by atoms with Gasteiger partial charge < -0.3 is 14.6 Å². The van der Waals surface area contributed by atoms with Gasteiger partial charge in [-0.3, -0.25) is 20.2 Å². The second-order valence-electron chi connectivity index (χ2n) is 6.00. The van der Waals surface area contributed by atoms with E-state index < -0.39 is 27.5 Å². The number of rotatable bonds is 6. The minimum absolute atomic E-state index is 0.132. The molecule has 31 heavy (non-hydrogen) atoms. The minimum Gasteiger partial charge on any atom is -0.502 e. The molecule has 0 aliphatic carbocycles. The first kappa shape index (κ1) is 20.9. The van der Waals surface area contributed by atoms with Crippen LogP contribution in [0.1, 0.15) is 20.7 Å². The summed E-state index contributed by atoms with van der Waals surface area (Å²) >= 11 is 0. The molecule has 0 aliphatic rings. The third kappa shape index (κ3) is 4.79. The molecule has 0 radical (unpaired) electrons. The number of non-ortho nitro benzene ring substituents is 2. The van der Waals surface area contributed by atoms with E-state index in [1.807, 2.05) is 0 Å². The van der Waals surface area contributed by atoms with Crippen LogP contribution < -0.4 is 9.47 Å². The summed E-state index contributed by atoms with van der Waals surface area (Å²) in [5.74, 6) is -3.37. The van der Waals surface area contributed by atoms with Crippen molar-refractivity contribution in [3.8, 4) is 17.2 Å². The molecule has 0 heterocycles. The molecule has 0 amide bonds. The molecule has 0 atom stereocenters. The molecule has 0 saturated heterocycles. The zero-order valence-corrected chi connectivity index (χ0v) is 15.5. The van der Waals surface area contributed by atoms with Gasteiger partial charge in [-0.25, -0.2) is 9.59 Å². The number of benzene rings is 3. The van der Waals surface area contributed by atoms with Crippen LogP contribution in [0.2, 0.25) is 0 Å². The first-order valence-electron chi connectivity index (χ1n) is 8.51. The van der Waals surface area contributed by atoms with E-state index in [1.165, 1.54) is 54.6 Å². The summed E-state index contributed by atoms with van der Waals surface area (Å²) in [6, 6.07) is 13.3. The monoisotopic (exact) mass is 424 g/mol. The number of nitro benzene ring substituents is 2. The number of nitro groups is 2. The van der Waals surface area contributed by atoms with Crippen LogP contribution in [-0.2, 0) is 0 Å². The van der Waals surface area contributed by atoms with E-state index in [-0.39, 0.29) is 34.0 Å². The van der Waals surface area contributed by atoms with Gasteiger partial charge in [-0.15, -0.1) is 0 Å². The molecule has 3 rings (SSSR count). The van der Waals surface area contributed by atoms with Gasteiger partial charge in [0.2, 0.25) is 5.75 Å². The van der Waals surface area contributed by atoms with E-state index >= 15 is 0 Å². The number of hydrogen-bond acceptors (Lipinski definition) is 9. The first-order chi connectivity index (χ1) is 14.8. The van der Waals surface area contributed by atoms with E-state index in [0.29, 0.717) is 0 Å². The fraction of sp³-hybridized carbons (Fsp3) is 0. The van der Waals surface area contributed by atoms with Crippen molar-refractivity contribution in [2.75, 3.05) is 0 Å². The van der Waals surface area contributed by atoms with E-state index in [9.17, 15) is 34.9 Å². The van der Waals surface area contributed by atoms with Gasteiger partial charge in [0.1, 0.15) is 0 Å². The van der Waals surface area contributed by atoms with Crippen molar-refractivity contribution in [1.82, 2.24) is 0 Å². The lowest BCUT2D eigenvalue weighted by atomic mass is 10.2. The molecule has 1 N–H and O–H groups in total. The number of nitrogens with zero attached hydrogens (tertiary/aromatic N) is 2. The molecule has 0 aromatic heterocycles. The van der Waals surface area contributed by atoms with Crippen molar-refractivity contribution in [1.29, 1.82) is 0 Å². The van der Waals surface area contributed by atoms with Gasteiger partial charge in [-0.05, 0) is 24.3 Å². The standard InChI is InChI=1S/C20H12N2O9/c23-18-16(30-19(24)12-4-1-6-14(10-12)21(26)27)8-3-9-17(18)31-20(25)13-5-2-7-15(11-13)22(28)29/h1-11,23H. The highest BCUT2D eigenvalue weighted by Crippen LogP contribution is 2.36. The second kappa shape index (κ2) is 8.69. The molecular weight excluding hydrogens is 412 g/mol. The van der Waals surface area contributed by atoms with Crippen molar-refractivity contribution in [2.45, 2.75) is 0 Å². The Kier molecular flexibility index (Phi) is 5.87. The van der Waals surface area contributed by atoms with Gasteiger partial charge in [0.25, 0.3) is 11.4 Å². The van der Waals surface area contributed by atoms with E-state index in [2.05, 4.69) is 0 Å². The summed E-state index contributed by atoms with van der Waals surface area (Å²) in [5, 5.41) is 32.0. The Bertz CT molecular complexity index is 1120.